The number of carbonyl (C=O) groups is 1. The van der Waals surface area contributed by atoms with Crippen molar-refractivity contribution in [3.05, 3.63) is 15.8 Å². The molecule has 116 valence electrons. The molecule has 2 N–H and O–H groups in total. The zero-order chi connectivity index (χ0) is 15.6. The third kappa shape index (κ3) is 3.14. The monoisotopic (exact) mass is 295 g/mol. The van der Waals surface area contributed by atoms with E-state index in [2.05, 4.69) is 5.10 Å². The lowest BCUT2D eigenvalue weighted by Crippen LogP contribution is -2.36. The second-order valence-electron chi connectivity index (χ2n) is 5.45. The van der Waals surface area contributed by atoms with Crippen LogP contribution in [-0.4, -0.2) is 33.7 Å². The zero-order valence-corrected chi connectivity index (χ0v) is 12.4. The van der Waals surface area contributed by atoms with Crippen LogP contribution in [0.15, 0.2) is 0 Å². The number of primary amides is 1. The van der Waals surface area contributed by atoms with Crippen molar-refractivity contribution < 1.29 is 9.72 Å². The lowest BCUT2D eigenvalue weighted by atomic mass is 9.93. The maximum atomic E-state index is 11.3. The molecule has 8 heteroatoms. The number of hydrogen-bond donors (Lipinski definition) is 1. The molecule has 0 bridgehead atoms. The smallest absolute Gasteiger partial charge is 0.334 e. The normalized spacial score (nSPS) is 16.2. The van der Waals surface area contributed by atoms with E-state index in [9.17, 15) is 14.9 Å². The van der Waals surface area contributed by atoms with E-state index in [4.69, 9.17) is 5.73 Å². The van der Waals surface area contributed by atoms with Crippen molar-refractivity contribution in [2.24, 2.45) is 18.7 Å². The van der Waals surface area contributed by atoms with Crippen molar-refractivity contribution >= 4 is 17.4 Å². The molecule has 1 aromatic rings. The summed E-state index contributed by atoms with van der Waals surface area (Å²) in [6, 6.07) is 0. The predicted octanol–water partition coefficient (Wildman–Crippen LogP) is 0.983. The van der Waals surface area contributed by atoms with Crippen LogP contribution in [0.4, 0.5) is 11.5 Å². The van der Waals surface area contributed by atoms with E-state index in [1.54, 1.807) is 11.7 Å². The maximum Gasteiger partial charge on any atom is 0.334 e. The van der Waals surface area contributed by atoms with Gasteiger partial charge in [0.25, 0.3) is 0 Å². The second-order valence-corrected chi connectivity index (χ2v) is 5.45. The van der Waals surface area contributed by atoms with E-state index in [0.717, 1.165) is 12.8 Å². The highest BCUT2D eigenvalue weighted by Gasteiger charge is 2.32. The van der Waals surface area contributed by atoms with Crippen LogP contribution < -0.4 is 10.6 Å². The highest BCUT2D eigenvalue weighted by Crippen LogP contribution is 2.34. The lowest BCUT2D eigenvalue weighted by molar-refractivity contribution is -0.384. The summed E-state index contributed by atoms with van der Waals surface area (Å²) in [6.07, 6.45) is 2.54. The number of rotatable bonds is 5. The Balaban J connectivity index is 2.18. The second kappa shape index (κ2) is 6.11. The number of anilines is 1. The number of nitrogens with two attached hydrogens (primary N) is 1. The molecule has 0 saturated carbocycles. The third-order valence-electron chi connectivity index (χ3n) is 3.98. The summed E-state index contributed by atoms with van der Waals surface area (Å²) < 4.78 is 1.59. The zero-order valence-electron chi connectivity index (χ0n) is 12.4. The molecular weight excluding hydrogens is 274 g/mol. The maximum absolute atomic E-state index is 11.3. The number of hydrogen-bond acceptors (Lipinski definition) is 5. The number of amides is 1. The number of nitro groups is 1. The van der Waals surface area contributed by atoms with Gasteiger partial charge in [-0.25, -0.2) is 4.68 Å². The fourth-order valence-electron chi connectivity index (χ4n) is 2.97. The summed E-state index contributed by atoms with van der Waals surface area (Å²) in [5.74, 6) is 0.555. The molecular formula is C13H21N5O3. The first kappa shape index (κ1) is 15.3. The van der Waals surface area contributed by atoms with Crippen LogP contribution in [0.3, 0.4) is 0 Å². The molecule has 0 unspecified atom stereocenters. The van der Waals surface area contributed by atoms with E-state index in [1.165, 1.54) is 0 Å². The molecule has 0 radical (unpaired) electrons. The summed E-state index contributed by atoms with van der Waals surface area (Å²) in [4.78, 5) is 23.9. The summed E-state index contributed by atoms with van der Waals surface area (Å²) in [7, 11) is 1.73. The summed E-state index contributed by atoms with van der Waals surface area (Å²) in [5, 5.41) is 15.6. The van der Waals surface area contributed by atoms with Crippen molar-refractivity contribution in [3.63, 3.8) is 0 Å². The van der Waals surface area contributed by atoms with Gasteiger partial charge in [0.1, 0.15) is 5.69 Å². The minimum Gasteiger partial charge on any atom is -0.370 e. The van der Waals surface area contributed by atoms with Crippen LogP contribution >= 0.6 is 0 Å². The molecule has 1 aliphatic rings. The van der Waals surface area contributed by atoms with Gasteiger partial charge in [0, 0.05) is 26.6 Å². The number of piperidine rings is 1. The molecule has 0 aromatic carbocycles. The van der Waals surface area contributed by atoms with Gasteiger partial charge in [0.15, 0.2) is 0 Å². The van der Waals surface area contributed by atoms with Gasteiger partial charge in [-0.1, -0.05) is 6.92 Å². The molecule has 0 spiro atoms. The molecule has 1 amide bonds. The van der Waals surface area contributed by atoms with Gasteiger partial charge in [0.05, 0.1) is 4.92 Å². The summed E-state index contributed by atoms with van der Waals surface area (Å²) in [5.41, 5.74) is 5.84. The molecule has 0 atom stereocenters. The molecule has 2 rings (SSSR count). The van der Waals surface area contributed by atoms with Crippen LogP contribution in [0.1, 0.15) is 31.9 Å². The van der Waals surface area contributed by atoms with E-state index < -0.39 is 0 Å². The topological polar surface area (TPSA) is 107 Å². The van der Waals surface area contributed by atoms with Gasteiger partial charge in [0.2, 0.25) is 11.7 Å². The Morgan fingerprint density at radius 1 is 1.48 bits per heavy atom. The van der Waals surface area contributed by atoms with Gasteiger partial charge in [-0.05, 0) is 25.2 Å². The van der Waals surface area contributed by atoms with E-state index >= 15 is 0 Å². The number of carbonyl (C=O) groups excluding carboxylic acids is 1. The van der Waals surface area contributed by atoms with E-state index in [0.29, 0.717) is 37.4 Å². The Kier molecular flexibility index (Phi) is 4.44. The largest absolute Gasteiger partial charge is 0.370 e. The summed E-state index contributed by atoms with van der Waals surface area (Å²) >= 11 is 0. The first-order valence-electron chi connectivity index (χ1n) is 7.17. The Morgan fingerprint density at radius 3 is 2.57 bits per heavy atom. The SMILES string of the molecule is CCc1nn(C)c(N2CCC(CC(N)=O)CC2)c1[N+](=O)[O-]. The minimum atomic E-state index is -0.351. The molecule has 1 fully saturated rings. The quantitative estimate of drug-likeness (QED) is 0.643. The molecule has 21 heavy (non-hydrogen) atoms. The summed E-state index contributed by atoms with van der Waals surface area (Å²) in [6.45, 7) is 3.22. The molecule has 0 aliphatic carbocycles. The number of aryl methyl sites for hydroxylation is 2. The Morgan fingerprint density at radius 2 is 2.10 bits per heavy atom. The Labute approximate surface area is 123 Å². The van der Waals surface area contributed by atoms with Crippen LogP contribution in [0.5, 0.6) is 0 Å². The van der Waals surface area contributed by atoms with Crippen molar-refractivity contribution in [1.82, 2.24) is 9.78 Å². The van der Waals surface area contributed by atoms with Crippen LogP contribution in [0, 0.1) is 16.0 Å². The van der Waals surface area contributed by atoms with Gasteiger partial charge in [-0.2, -0.15) is 5.10 Å². The van der Waals surface area contributed by atoms with E-state index in [1.807, 2.05) is 11.8 Å². The molecule has 2 heterocycles. The van der Waals surface area contributed by atoms with Gasteiger partial charge >= 0.3 is 5.69 Å². The standard InChI is InChI=1S/C13H21N5O3/c1-3-10-12(18(20)21)13(16(2)15-10)17-6-4-9(5-7-17)8-11(14)19/h9H,3-8H2,1-2H3,(H2,14,19). The minimum absolute atomic E-state index is 0.105. The highest BCUT2D eigenvalue weighted by atomic mass is 16.6. The average molecular weight is 295 g/mol. The van der Waals surface area contributed by atoms with Crippen molar-refractivity contribution in [2.75, 3.05) is 18.0 Å². The van der Waals surface area contributed by atoms with E-state index in [-0.39, 0.29) is 22.4 Å². The van der Waals surface area contributed by atoms with Gasteiger partial charge < -0.3 is 10.6 Å². The van der Waals surface area contributed by atoms with Gasteiger partial charge in [-0.3, -0.25) is 14.9 Å². The van der Waals surface area contributed by atoms with Crippen LogP contribution in [0.2, 0.25) is 0 Å². The first-order valence-corrected chi connectivity index (χ1v) is 7.17. The molecule has 8 nitrogen and oxygen atoms in total. The Bertz CT molecular complexity index is 546. The van der Waals surface area contributed by atoms with Crippen molar-refractivity contribution in [1.29, 1.82) is 0 Å². The Hall–Kier alpha value is -2.12. The molecule has 1 aromatic heterocycles. The molecule has 1 saturated heterocycles. The number of nitrogens with zero attached hydrogens (tertiary/aromatic N) is 4. The van der Waals surface area contributed by atoms with Crippen molar-refractivity contribution in [3.8, 4) is 0 Å². The van der Waals surface area contributed by atoms with Crippen molar-refractivity contribution in [2.45, 2.75) is 32.6 Å². The first-order chi connectivity index (χ1) is 9.93. The van der Waals surface area contributed by atoms with Crippen LogP contribution in [0.25, 0.3) is 0 Å². The fourth-order valence-corrected chi connectivity index (χ4v) is 2.97. The predicted molar refractivity (Wildman–Crippen MR) is 78.0 cm³/mol. The lowest BCUT2D eigenvalue weighted by Gasteiger charge is -2.32. The highest BCUT2D eigenvalue weighted by molar-refractivity contribution is 5.74. The van der Waals surface area contributed by atoms with Crippen LogP contribution in [-0.2, 0) is 18.3 Å². The number of aromatic nitrogens is 2. The van der Waals surface area contributed by atoms with Gasteiger partial charge in [-0.15, -0.1) is 0 Å². The third-order valence-corrected chi connectivity index (χ3v) is 3.98. The molecule has 1 aliphatic heterocycles. The fraction of sp³-hybridized carbons (Fsp3) is 0.692. The average Bonchev–Trinajstić information content (AvgIpc) is 2.76.